The van der Waals surface area contributed by atoms with Gasteiger partial charge in [0, 0.05) is 12.2 Å². The van der Waals surface area contributed by atoms with Crippen molar-refractivity contribution in [2.75, 3.05) is 18.5 Å². The molecule has 0 amide bonds. The fourth-order valence-corrected chi connectivity index (χ4v) is 1.73. The van der Waals surface area contributed by atoms with Gasteiger partial charge in [-0.05, 0) is 36.6 Å². The second-order valence-corrected chi connectivity index (χ2v) is 3.61. The number of fused-ring (bicyclic) bond motifs is 1. The third-order valence-corrected chi connectivity index (χ3v) is 2.47. The summed E-state index contributed by atoms with van der Waals surface area (Å²) in [4.78, 5) is 0. The molecule has 1 aliphatic heterocycles. The zero-order chi connectivity index (χ0) is 10.5. The summed E-state index contributed by atoms with van der Waals surface area (Å²) in [5, 5.41) is 11.6. The Labute approximate surface area is 89.7 Å². The van der Waals surface area contributed by atoms with E-state index in [0.717, 1.165) is 30.9 Å². The number of nitrogens with one attached hydrogen (secondary N) is 1. The van der Waals surface area contributed by atoms with Crippen LogP contribution in [0.15, 0.2) is 18.2 Å². The fourth-order valence-electron chi connectivity index (χ4n) is 1.73. The van der Waals surface area contributed by atoms with Gasteiger partial charge in [0.2, 0.25) is 0 Å². The number of nitriles is 1. The third kappa shape index (κ3) is 2.41. The molecule has 2 rings (SSSR count). The number of benzene rings is 1. The predicted molar refractivity (Wildman–Crippen MR) is 59.0 cm³/mol. The maximum Gasteiger partial charge on any atom is 0.122 e. The molecule has 0 saturated heterocycles. The smallest absolute Gasteiger partial charge is 0.122 e. The van der Waals surface area contributed by atoms with Crippen LogP contribution in [0, 0.1) is 11.3 Å². The van der Waals surface area contributed by atoms with Crippen molar-refractivity contribution in [3.8, 4) is 11.8 Å². The topological polar surface area (TPSA) is 45.0 Å². The molecule has 0 atom stereocenters. The minimum absolute atomic E-state index is 0.535. The van der Waals surface area contributed by atoms with E-state index in [-0.39, 0.29) is 0 Å². The van der Waals surface area contributed by atoms with Crippen molar-refractivity contribution in [2.24, 2.45) is 0 Å². The molecule has 0 spiro atoms. The lowest BCUT2D eigenvalue weighted by atomic mass is 10.1. The number of hydrogen-bond donors (Lipinski definition) is 1. The first-order valence-corrected chi connectivity index (χ1v) is 5.27. The Hall–Kier alpha value is -1.69. The summed E-state index contributed by atoms with van der Waals surface area (Å²) in [6.07, 6.45) is 2.71. The number of rotatable bonds is 3. The second kappa shape index (κ2) is 4.70. The molecule has 1 aromatic carbocycles. The molecule has 1 N–H and O–H groups in total. The molecule has 0 fully saturated rings. The summed E-state index contributed by atoms with van der Waals surface area (Å²) in [6.45, 7) is 1.53. The predicted octanol–water partition coefficient (Wildman–Crippen LogP) is 2.34. The molecule has 3 nitrogen and oxygen atoms in total. The van der Waals surface area contributed by atoms with E-state index in [1.54, 1.807) is 0 Å². The van der Waals surface area contributed by atoms with Crippen molar-refractivity contribution in [3.63, 3.8) is 0 Å². The van der Waals surface area contributed by atoms with Crippen LogP contribution in [0.25, 0.3) is 0 Å². The van der Waals surface area contributed by atoms with Crippen molar-refractivity contribution in [1.29, 1.82) is 5.26 Å². The average Bonchev–Trinajstić information content (AvgIpc) is 2.29. The normalized spacial score (nSPS) is 13.5. The fraction of sp³-hybridized carbons (Fsp3) is 0.417. The van der Waals surface area contributed by atoms with Crippen LogP contribution in [0.5, 0.6) is 5.75 Å². The van der Waals surface area contributed by atoms with Crippen molar-refractivity contribution < 1.29 is 4.74 Å². The molecule has 1 aromatic rings. The molecule has 1 heterocycles. The summed E-state index contributed by atoms with van der Waals surface area (Å²) in [5.41, 5.74) is 2.35. The third-order valence-electron chi connectivity index (χ3n) is 2.47. The second-order valence-electron chi connectivity index (χ2n) is 3.61. The van der Waals surface area contributed by atoms with Gasteiger partial charge in [0.15, 0.2) is 0 Å². The minimum Gasteiger partial charge on any atom is -0.493 e. The standard InChI is InChI=1S/C12H14N2O/c13-6-2-7-14-11-4-5-12-10(9-11)3-1-8-15-12/h4-5,9,14H,1-3,7-8H2. The number of hydrogen-bond acceptors (Lipinski definition) is 3. The summed E-state index contributed by atoms with van der Waals surface area (Å²) < 4.78 is 5.52. The van der Waals surface area contributed by atoms with Crippen LogP contribution in [0.3, 0.4) is 0 Å². The first-order valence-electron chi connectivity index (χ1n) is 5.27. The zero-order valence-electron chi connectivity index (χ0n) is 8.62. The molecule has 0 radical (unpaired) electrons. The van der Waals surface area contributed by atoms with Crippen LogP contribution in [-0.4, -0.2) is 13.2 Å². The summed E-state index contributed by atoms with van der Waals surface area (Å²) in [5.74, 6) is 1.01. The van der Waals surface area contributed by atoms with Gasteiger partial charge in [0.1, 0.15) is 5.75 Å². The Bertz CT molecular complexity index is 382. The van der Waals surface area contributed by atoms with E-state index in [4.69, 9.17) is 10.00 Å². The molecule has 0 unspecified atom stereocenters. The lowest BCUT2D eigenvalue weighted by molar-refractivity contribution is 0.288. The molecule has 0 bridgehead atoms. The van der Waals surface area contributed by atoms with Crippen LogP contribution >= 0.6 is 0 Å². The quantitative estimate of drug-likeness (QED) is 0.765. The Kier molecular flexibility index (Phi) is 3.08. The van der Waals surface area contributed by atoms with E-state index in [9.17, 15) is 0 Å². The minimum atomic E-state index is 0.535. The summed E-state index contributed by atoms with van der Waals surface area (Å²) in [7, 11) is 0. The van der Waals surface area contributed by atoms with E-state index < -0.39 is 0 Å². The van der Waals surface area contributed by atoms with Gasteiger partial charge in [0.05, 0.1) is 19.1 Å². The Morgan fingerprint density at radius 2 is 2.40 bits per heavy atom. The van der Waals surface area contributed by atoms with E-state index in [1.807, 2.05) is 12.1 Å². The van der Waals surface area contributed by atoms with E-state index >= 15 is 0 Å². The monoisotopic (exact) mass is 202 g/mol. The maximum atomic E-state index is 8.43. The van der Waals surface area contributed by atoms with Crippen molar-refractivity contribution in [1.82, 2.24) is 0 Å². The molecule has 78 valence electrons. The van der Waals surface area contributed by atoms with Gasteiger partial charge in [0.25, 0.3) is 0 Å². The van der Waals surface area contributed by atoms with Gasteiger partial charge in [-0.15, -0.1) is 0 Å². The van der Waals surface area contributed by atoms with Crippen LogP contribution in [0.4, 0.5) is 5.69 Å². The van der Waals surface area contributed by atoms with Gasteiger partial charge >= 0.3 is 0 Å². The van der Waals surface area contributed by atoms with Crippen molar-refractivity contribution >= 4 is 5.69 Å². The summed E-state index contributed by atoms with van der Waals surface area (Å²) in [6, 6.07) is 8.23. The van der Waals surface area contributed by atoms with Crippen molar-refractivity contribution in [2.45, 2.75) is 19.3 Å². The lowest BCUT2D eigenvalue weighted by Crippen LogP contribution is -2.09. The van der Waals surface area contributed by atoms with Gasteiger partial charge in [-0.3, -0.25) is 0 Å². The van der Waals surface area contributed by atoms with E-state index in [2.05, 4.69) is 17.5 Å². The zero-order valence-corrected chi connectivity index (χ0v) is 8.62. The highest BCUT2D eigenvalue weighted by Gasteiger charge is 2.09. The lowest BCUT2D eigenvalue weighted by Gasteiger charge is -2.18. The Morgan fingerprint density at radius 1 is 1.47 bits per heavy atom. The summed E-state index contributed by atoms with van der Waals surface area (Å²) >= 11 is 0. The van der Waals surface area contributed by atoms with Crippen molar-refractivity contribution in [3.05, 3.63) is 23.8 Å². The molecule has 0 aromatic heterocycles. The molecular formula is C12H14N2O. The average molecular weight is 202 g/mol. The Balaban J connectivity index is 2.04. The largest absolute Gasteiger partial charge is 0.493 e. The number of aryl methyl sites for hydroxylation is 1. The first kappa shape index (κ1) is 9.85. The van der Waals surface area contributed by atoms with Gasteiger partial charge in [-0.25, -0.2) is 0 Å². The number of anilines is 1. The molecule has 1 aliphatic rings. The maximum absolute atomic E-state index is 8.43. The van der Waals surface area contributed by atoms with Gasteiger partial charge in [-0.2, -0.15) is 5.26 Å². The molecule has 0 saturated carbocycles. The van der Waals surface area contributed by atoms with Gasteiger partial charge in [-0.1, -0.05) is 0 Å². The molecule has 3 heteroatoms. The van der Waals surface area contributed by atoms with E-state index in [0.29, 0.717) is 13.0 Å². The highest BCUT2D eigenvalue weighted by atomic mass is 16.5. The SMILES string of the molecule is N#CCCNc1ccc2c(c1)CCCO2. The molecule has 0 aliphatic carbocycles. The first-order chi connectivity index (χ1) is 7.40. The van der Waals surface area contributed by atoms with Crippen LogP contribution in [0.1, 0.15) is 18.4 Å². The van der Waals surface area contributed by atoms with Gasteiger partial charge < -0.3 is 10.1 Å². The Morgan fingerprint density at radius 3 is 3.27 bits per heavy atom. The highest BCUT2D eigenvalue weighted by Crippen LogP contribution is 2.27. The van der Waals surface area contributed by atoms with E-state index in [1.165, 1.54) is 5.56 Å². The number of nitrogens with zero attached hydrogens (tertiary/aromatic N) is 1. The molecular weight excluding hydrogens is 188 g/mol. The van der Waals surface area contributed by atoms with Crippen LogP contribution < -0.4 is 10.1 Å². The van der Waals surface area contributed by atoms with Crippen LogP contribution in [-0.2, 0) is 6.42 Å². The molecule has 15 heavy (non-hydrogen) atoms. The van der Waals surface area contributed by atoms with Crippen LogP contribution in [0.2, 0.25) is 0 Å². The highest BCUT2D eigenvalue weighted by molar-refractivity contribution is 5.51. The number of ether oxygens (including phenoxy) is 1.